The Hall–Kier alpha value is -1.17. The predicted octanol–water partition coefficient (Wildman–Crippen LogP) is 3.90. The van der Waals surface area contributed by atoms with Gasteiger partial charge in [-0.2, -0.15) is 0 Å². The number of carbonyl (C=O) groups excluding carboxylic acids is 1. The van der Waals surface area contributed by atoms with E-state index in [9.17, 15) is 4.79 Å². The highest BCUT2D eigenvalue weighted by molar-refractivity contribution is 9.10. The summed E-state index contributed by atoms with van der Waals surface area (Å²) in [6, 6.07) is 9.92. The SMILES string of the molecule is Cc1ccc(C(=O)NCCNC(C)c2sccc2Br)cc1. The molecule has 1 aromatic heterocycles. The number of thiophene rings is 1. The van der Waals surface area contributed by atoms with Crippen LogP contribution in [0.1, 0.15) is 33.8 Å². The first kappa shape index (κ1) is 16.2. The van der Waals surface area contributed by atoms with Crippen molar-refractivity contribution < 1.29 is 4.79 Å². The van der Waals surface area contributed by atoms with Crippen LogP contribution in [0.2, 0.25) is 0 Å². The smallest absolute Gasteiger partial charge is 0.251 e. The summed E-state index contributed by atoms with van der Waals surface area (Å²) in [4.78, 5) is 13.2. The average Bonchev–Trinajstić information content (AvgIpc) is 2.90. The fraction of sp³-hybridized carbons (Fsp3) is 0.312. The monoisotopic (exact) mass is 366 g/mol. The zero-order chi connectivity index (χ0) is 15.2. The van der Waals surface area contributed by atoms with Gasteiger partial charge in [-0.05, 0) is 53.4 Å². The molecule has 112 valence electrons. The Labute approximate surface area is 137 Å². The van der Waals surface area contributed by atoms with Crippen molar-refractivity contribution in [1.82, 2.24) is 10.6 Å². The maximum atomic E-state index is 11.9. The standard InChI is InChI=1S/C16H19BrN2OS/c1-11-3-5-13(6-4-11)16(20)19-9-8-18-12(2)15-14(17)7-10-21-15/h3-7,10,12,18H,8-9H2,1-2H3,(H,19,20). The van der Waals surface area contributed by atoms with Gasteiger partial charge in [0.05, 0.1) is 0 Å². The molecule has 0 aliphatic rings. The fourth-order valence-corrected chi connectivity index (χ4v) is 3.73. The van der Waals surface area contributed by atoms with Gasteiger partial charge in [-0.1, -0.05) is 17.7 Å². The van der Waals surface area contributed by atoms with E-state index in [2.05, 4.69) is 44.9 Å². The van der Waals surface area contributed by atoms with Crippen molar-refractivity contribution in [3.63, 3.8) is 0 Å². The molecule has 0 saturated carbocycles. The Morgan fingerprint density at radius 2 is 1.95 bits per heavy atom. The van der Waals surface area contributed by atoms with Crippen molar-refractivity contribution in [3.05, 3.63) is 56.2 Å². The maximum Gasteiger partial charge on any atom is 0.251 e. The van der Waals surface area contributed by atoms with Crippen molar-refractivity contribution in [2.24, 2.45) is 0 Å². The third-order valence-corrected chi connectivity index (χ3v) is 5.27. The molecule has 1 heterocycles. The molecule has 0 spiro atoms. The summed E-state index contributed by atoms with van der Waals surface area (Å²) in [5.41, 5.74) is 1.86. The van der Waals surface area contributed by atoms with Crippen LogP contribution in [0.4, 0.5) is 0 Å². The van der Waals surface area contributed by atoms with Crippen LogP contribution in [0.5, 0.6) is 0 Å². The molecule has 1 unspecified atom stereocenters. The minimum absolute atomic E-state index is 0.0262. The lowest BCUT2D eigenvalue weighted by molar-refractivity contribution is 0.0953. The van der Waals surface area contributed by atoms with Gasteiger partial charge in [-0.15, -0.1) is 11.3 Å². The average molecular weight is 367 g/mol. The minimum Gasteiger partial charge on any atom is -0.351 e. The zero-order valence-corrected chi connectivity index (χ0v) is 14.6. The number of amides is 1. The van der Waals surface area contributed by atoms with Crippen LogP contribution in [0.3, 0.4) is 0 Å². The van der Waals surface area contributed by atoms with E-state index >= 15 is 0 Å². The highest BCUT2D eigenvalue weighted by Gasteiger charge is 2.10. The Morgan fingerprint density at radius 1 is 1.24 bits per heavy atom. The molecule has 5 heteroatoms. The van der Waals surface area contributed by atoms with Crippen molar-refractivity contribution in [2.45, 2.75) is 19.9 Å². The van der Waals surface area contributed by atoms with E-state index in [0.717, 1.165) is 16.6 Å². The van der Waals surface area contributed by atoms with E-state index in [1.165, 1.54) is 4.88 Å². The summed E-state index contributed by atoms with van der Waals surface area (Å²) in [6.45, 7) is 5.48. The maximum absolute atomic E-state index is 11.9. The highest BCUT2D eigenvalue weighted by atomic mass is 79.9. The quantitative estimate of drug-likeness (QED) is 0.761. The number of hydrogen-bond donors (Lipinski definition) is 2. The summed E-state index contributed by atoms with van der Waals surface area (Å²) < 4.78 is 1.14. The number of hydrogen-bond acceptors (Lipinski definition) is 3. The normalized spacial score (nSPS) is 12.1. The van der Waals surface area contributed by atoms with E-state index < -0.39 is 0 Å². The van der Waals surface area contributed by atoms with Crippen molar-refractivity contribution in [1.29, 1.82) is 0 Å². The van der Waals surface area contributed by atoms with Crippen LogP contribution in [0.15, 0.2) is 40.2 Å². The molecule has 0 aliphatic carbocycles. The van der Waals surface area contributed by atoms with Crippen molar-refractivity contribution in [3.8, 4) is 0 Å². The molecule has 0 radical (unpaired) electrons. The molecule has 21 heavy (non-hydrogen) atoms. The van der Waals surface area contributed by atoms with Gasteiger partial charge in [0, 0.05) is 34.0 Å². The summed E-state index contributed by atoms with van der Waals surface area (Å²) in [7, 11) is 0. The second kappa shape index (κ2) is 7.73. The van der Waals surface area contributed by atoms with E-state index in [0.29, 0.717) is 12.1 Å². The van der Waals surface area contributed by atoms with E-state index in [1.54, 1.807) is 11.3 Å². The van der Waals surface area contributed by atoms with E-state index in [1.807, 2.05) is 31.2 Å². The first-order valence-corrected chi connectivity index (χ1v) is 8.56. The Kier molecular flexibility index (Phi) is 5.96. The number of aryl methyl sites for hydroxylation is 1. The molecule has 1 atom stereocenters. The molecule has 0 aliphatic heterocycles. The van der Waals surface area contributed by atoms with Crippen LogP contribution in [-0.4, -0.2) is 19.0 Å². The second-order valence-corrected chi connectivity index (χ2v) is 6.73. The van der Waals surface area contributed by atoms with Crippen LogP contribution < -0.4 is 10.6 Å². The van der Waals surface area contributed by atoms with Gasteiger partial charge in [0.2, 0.25) is 0 Å². The van der Waals surface area contributed by atoms with Gasteiger partial charge in [0.25, 0.3) is 5.91 Å². The molecule has 3 nitrogen and oxygen atoms in total. The van der Waals surface area contributed by atoms with Gasteiger partial charge in [0.15, 0.2) is 0 Å². The lowest BCUT2D eigenvalue weighted by atomic mass is 10.1. The third kappa shape index (κ3) is 4.66. The van der Waals surface area contributed by atoms with Crippen molar-refractivity contribution >= 4 is 33.2 Å². The van der Waals surface area contributed by atoms with E-state index in [-0.39, 0.29) is 11.9 Å². The summed E-state index contributed by atoms with van der Waals surface area (Å²) in [5.74, 6) is -0.0262. The summed E-state index contributed by atoms with van der Waals surface area (Å²) >= 11 is 5.26. The largest absolute Gasteiger partial charge is 0.351 e. The number of nitrogens with one attached hydrogen (secondary N) is 2. The van der Waals surface area contributed by atoms with Gasteiger partial charge in [-0.25, -0.2) is 0 Å². The van der Waals surface area contributed by atoms with Crippen LogP contribution in [0.25, 0.3) is 0 Å². The fourth-order valence-electron chi connectivity index (χ4n) is 1.98. The third-order valence-electron chi connectivity index (χ3n) is 3.21. The lowest BCUT2D eigenvalue weighted by Crippen LogP contribution is -2.32. The highest BCUT2D eigenvalue weighted by Crippen LogP contribution is 2.28. The minimum atomic E-state index is -0.0262. The Bertz CT molecular complexity index is 595. The van der Waals surface area contributed by atoms with Gasteiger partial charge in [-0.3, -0.25) is 4.79 Å². The number of rotatable bonds is 6. The second-order valence-electron chi connectivity index (χ2n) is 4.93. The predicted molar refractivity (Wildman–Crippen MR) is 91.9 cm³/mol. The number of carbonyl (C=O) groups is 1. The first-order chi connectivity index (χ1) is 10.1. The van der Waals surface area contributed by atoms with E-state index in [4.69, 9.17) is 0 Å². The Morgan fingerprint density at radius 3 is 2.57 bits per heavy atom. The topological polar surface area (TPSA) is 41.1 Å². The zero-order valence-electron chi connectivity index (χ0n) is 12.2. The van der Waals surface area contributed by atoms with Gasteiger partial charge < -0.3 is 10.6 Å². The molecule has 2 aromatic rings. The van der Waals surface area contributed by atoms with Gasteiger partial charge >= 0.3 is 0 Å². The summed E-state index contributed by atoms with van der Waals surface area (Å²) in [5, 5.41) is 8.40. The summed E-state index contributed by atoms with van der Waals surface area (Å²) in [6.07, 6.45) is 0. The molecule has 0 bridgehead atoms. The first-order valence-electron chi connectivity index (χ1n) is 6.89. The number of benzene rings is 1. The molecular formula is C16H19BrN2OS. The van der Waals surface area contributed by atoms with Crippen LogP contribution in [-0.2, 0) is 0 Å². The van der Waals surface area contributed by atoms with Crippen LogP contribution >= 0.6 is 27.3 Å². The molecule has 1 amide bonds. The van der Waals surface area contributed by atoms with Gasteiger partial charge in [0.1, 0.15) is 0 Å². The molecule has 2 rings (SSSR count). The van der Waals surface area contributed by atoms with Crippen molar-refractivity contribution in [2.75, 3.05) is 13.1 Å². The number of halogens is 1. The molecule has 0 fully saturated rings. The lowest BCUT2D eigenvalue weighted by Gasteiger charge is -2.13. The molecular weight excluding hydrogens is 348 g/mol. The van der Waals surface area contributed by atoms with Crippen LogP contribution in [0, 0.1) is 6.92 Å². The molecule has 1 aromatic carbocycles. The molecule has 0 saturated heterocycles. The Balaban J connectivity index is 1.73. The molecule has 2 N–H and O–H groups in total.